The van der Waals surface area contributed by atoms with E-state index in [4.69, 9.17) is 5.11 Å². The van der Waals surface area contributed by atoms with Gasteiger partial charge in [0.1, 0.15) is 0 Å². The van der Waals surface area contributed by atoms with Gasteiger partial charge >= 0.3 is 5.97 Å². The van der Waals surface area contributed by atoms with E-state index in [1.165, 1.54) is 0 Å². The van der Waals surface area contributed by atoms with Gasteiger partial charge < -0.3 is 5.11 Å². The van der Waals surface area contributed by atoms with Crippen LogP contribution in [-0.4, -0.2) is 16.1 Å². The Morgan fingerprint density at radius 2 is 2.23 bits per heavy atom. The summed E-state index contributed by atoms with van der Waals surface area (Å²) in [5.74, 6) is -0.858. The van der Waals surface area contributed by atoms with E-state index in [-0.39, 0.29) is 6.42 Å². The number of rotatable bonds is 4. The Hall–Kier alpha value is -1.64. The first-order valence-electron chi connectivity index (χ1n) is 4.00. The standard InChI is InChI=1S/C10H11NO2/c1-2-4-8-5-3-6-9(11-8)7-10(12)13/h2-3,5-6H,1,4,7H2,(H,12,13). The Morgan fingerprint density at radius 1 is 1.54 bits per heavy atom. The van der Waals surface area contributed by atoms with Gasteiger partial charge in [-0.15, -0.1) is 6.58 Å². The molecule has 0 saturated carbocycles. The summed E-state index contributed by atoms with van der Waals surface area (Å²) in [6, 6.07) is 5.37. The van der Waals surface area contributed by atoms with Crippen LogP contribution < -0.4 is 0 Å². The molecule has 1 aromatic rings. The first-order chi connectivity index (χ1) is 6.22. The second-order valence-electron chi connectivity index (χ2n) is 2.68. The van der Waals surface area contributed by atoms with Crippen molar-refractivity contribution in [3.05, 3.63) is 42.2 Å². The van der Waals surface area contributed by atoms with Gasteiger partial charge in [-0.25, -0.2) is 0 Å². The molecule has 0 fully saturated rings. The maximum atomic E-state index is 10.4. The van der Waals surface area contributed by atoms with Crippen LogP contribution in [0.2, 0.25) is 0 Å². The van der Waals surface area contributed by atoms with Gasteiger partial charge in [-0.05, 0) is 12.1 Å². The average molecular weight is 177 g/mol. The summed E-state index contributed by atoms with van der Waals surface area (Å²) in [4.78, 5) is 14.5. The van der Waals surface area contributed by atoms with Gasteiger partial charge in [0.05, 0.1) is 12.1 Å². The number of nitrogens with zero attached hydrogens (tertiary/aromatic N) is 1. The minimum absolute atomic E-state index is 0.0228. The van der Waals surface area contributed by atoms with Crippen molar-refractivity contribution in [2.24, 2.45) is 0 Å². The lowest BCUT2D eigenvalue weighted by Gasteiger charge is -1.99. The number of pyridine rings is 1. The van der Waals surface area contributed by atoms with E-state index in [9.17, 15) is 4.79 Å². The lowest BCUT2D eigenvalue weighted by molar-refractivity contribution is -0.136. The highest BCUT2D eigenvalue weighted by atomic mass is 16.4. The Balaban J connectivity index is 2.78. The zero-order valence-electron chi connectivity index (χ0n) is 7.23. The average Bonchev–Trinajstić information content (AvgIpc) is 2.04. The summed E-state index contributed by atoms with van der Waals surface area (Å²) in [6.45, 7) is 3.59. The van der Waals surface area contributed by atoms with Crippen molar-refractivity contribution in [2.45, 2.75) is 12.8 Å². The van der Waals surface area contributed by atoms with Gasteiger partial charge in [0.25, 0.3) is 0 Å². The van der Waals surface area contributed by atoms with Gasteiger partial charge in [-0.2, -0.15) is 0 Å². The second kappa shape index (κ2) is 4.40. The highest BCUT2D eigenvalue weighted by molar-refractivity contribution is 5.69. The van der Waals surface area contributed by atoms with Crippen LogP contribution >= 0.6 is 0 Å². The number of aromatic nitrogens is 1. The lowest BCUT2D eigenvalue weighted by Crippen LogP contribution is -2.03. The van der Waals surface area contributed by atoms with Crippen molar-refractivity contribution in [2.75, 3.05) is 0 Å². The predicted octanol–water partition coefficient (Wildman–Crippen LogP) is 1.44. The third-order valence-corrected chi connectivity index (χ3v) is 1.55. The summed E-state index contributed by atoms with van der Waals surface area (Å²) in [5, 5.41) is 8.53. The van der Waals surface area contributed by atoms with E-state index in [2.05, 4.69) is 11.6 Å². The smallest absolute Gasteiger partial charge is 0.309 e. The van der Waals surface area contributed by atoms with E-state index in [1.54, 1.807) is 12.1 Å². The number of hydrogen-bond donors (Lipinski definition) is 1. The molecule has 13 heavy (non-hydrogen) atoms. The molecule has 0 unspecified atom stereocenters. The van der Waals surface area contributed by atoms with Crippen LogP contribution in [0.3, 0.4) is 0 Å². The largest absolute Gasteiger partial charge is 0.481 e. The normalized spacial score (nSPS) is 9.54. The minimum atomic E-state index is -0.858. The van der Waals surface area contributed by atoms with Crippen molar-refractivity contribution in [1.29, 1.82) is 0 Å². The SMILES string of the molecule is C=CCc1cccc(CC(=O)O)n1. The summed E-state index contributed by atoms with van der Waals surface area (Å²) in [5.41, 5.74) is 1.45. The monoisotopic (exact) mass is 177 g/mol. The van der Waals surface area contributed by atoms with E-state index in [0.717, 1.165) is 5.69 Å². The van der Waals surface area contributed by atoms with Crippen molar-refractivity contribution in [3.8, 4) is 0 Å². The quantitative estimate of drug-likeness (QED) is 0.708. The van der Waals surface area contributed by atoms with E-state index in [0.29, 0.717) is 12.1 Å². The molecule has 0 saturated heterocycles. The molecule has 0 aliphatic rings. The van der Waals surface area contributed by atoms with E-state index < -0.39 is 5.97 Å². The van der Waals surface area contributed by atoms with Gasteiger partial charge in [0.2, 0.25) is 0 Å². The van der Waals surface area contributed by atoms with E-state index in [1.807, 2.05) is 12.1 Å². The van der Waals surface area contributed by atoms with Crippen molar-refractivity contribution in [3.63, 3.8) is 0 Å². The fraction of sp³-hybridized carbons (Fsp3) is 0.200. The highest BCUT2D eigenvalue weighted by Gasteiger charge is 2.01. The number of hydrogen-bond acceptors (Lipinski definition) is 2. The molecule has 0 aliphatic heterocycles. The van der Waals surface area contributed by atoms with Gasteiger partial charge in [-0.3, -0.25) is 9.78 Å². The number of aliphatic carboxylic acids is 1. The van der Waals surface area contributed by atoms with Crippen LogP contribution in [0, 0.1) is 0 Å². The first kappa shape index (κ1) is 9.45. The molecule has 0 aromatic carbocycles. The molecule has 1 N–H and O–H groups in total. The Kier molecular flexibility index (Phi) is 3.20. The Bertz CT molecular complexity index is 320. The molecule has 0 radical (unpaired) electrons. The van der Waals surface area contributed by atoms with Crippen LogP contribution in [0.25, 0.3) is 0 Å². The molecule has 3 nitrogen and oxygen atoms in total. The second-order valence-corrected chi connectivity index (χ2v) is 2.68. The van der Waals surface area contributed by atoms with Crippen molar-refractivity contribution < 1.29 is 9.90 Å². The maximum Gasteiger partial charge on any atom is 0.309 e. The third kappa shape index (κ3) is 3.07. The Labute approximate surface area is 76.7 Å². The van der Waals surface area contributed by atoms with Crippen LogP contribution in [-0.2, 0) is 17.6 Å². The molecule has 3 heteroatoms. The summed E-state index contributed by atoms with van der Waals surface area (Å²) in [6.07, 6.45) is 2.39. The summed E-state index contributed by atoms with van der Waals surface area (Å²) in [7, 11) is 0. The molecule has 0 spiro atoms. The lowest BCUT2D eigenvalue weighted by atomic mass is 10.2. The van der Waals surface area contributed by atoms with Gasteiger partial charge in [0.15, 0.2) is 0 Å². The fourth-order valence-corrected chi connectivity index (χ4v) is 1.04. The first-order valence-corrected chi connectivity index (χ1v) is 4.00. The van der Waals surface area contributed by atoms with Crippen molar-refractivity contribution in [1.82, 2.24) is 4.98 Å². The van der Waals surface area contributed by atoms with Crippen LogP contribution in [0.4, 0.5) is 0 Å². The summed E-state index contributed by atoms with van der Waals surface area (Å²) < 4.78 is 0. The van der Waals surface area contributed by atoms with Crippen LogP contribution in [0.1, 0.15) is 11.4 Å². The zero-order valence-corrected chi connectivity index (χ0v) is 7.23. The van der Waals surface area contributed by atoms with Crippen molar-refractivity contribution >= 4 is 5.97 Å². The Morgan fingerprint density at radius 3 is 2.85 bits per heavy atom. The molecule has 1 aromatic heterocycles. The molecule has 0 atom stereocenters. The molecule has 0 amide bonds. The molecule has 1 heterocycles. The van der Waals surface area contributed by atoms with Crippen LogP contribution in [0.5, 0.6) is 0 Å². The predicted molar refractivity (Wildman–Crippen MR) is 49.5 cm³/mol. The maximum absolute atomic E-state index is 10.4. The molecule has 1 rings (SSSR count). The third-order valence-electron chi connectivity index (χ3n) is 1.55. The zero-order chi connectivity index (χ0) is 9.68. The fourth-order valence-electron chi connectivity index (χ4n) is 1.04. The molecule has 0 aliphatic carbocycles. The van der Waals surface area contributed by atoms with Gasteiger partial charge in [0, 0.05) is 12.1 Å². The number of carbonyl (C=O) groups is 1. The number of carboxylic acids is 1. The molecule has 0 bridgehead atoms. The van der Waals surface area contributed by atoms with Gasteiger partial charge in [-0.1, -0.05) is 12.1 Å². The highest BCUT2D eigenvalue weighted by Crippen LogP contribution is 2.01. The number of allylic oxidation sites excluding steroid dienone is 1. The molecular weight excluding hydrogens is 166 g/mol. The van der Waals surface area contributed by atoms with Crippen LogP contribution in [0.15, 0.2) is 30.9 Å². The molecule has 68 valence electrons. The summed E-state index contributed by atoms with van der Waals surface area (Å²) >= 11 is 0. The minimum Gasteiger partial charge on any atom is -0.481 e. The molecular formula is C10H11NO2. The topological polar surface area (TPSA) is 50.2 Å². The van der Waals surface area contributed by atoms with E-state index >= 15 is 0 Å². The number of carboxylic acid groups (broad SMARTS) is 1.